The number of rotatable bonds is 3. The minimum absolute atomic E-state index is 0.469. The Balaban J connectivity index is 2.72. The van der Waals surface area contributed by atoms with Crippen LogP contribution in [0.25, 0.3) is 6.08 Å². The van der Waals surface area contributed by atoms with Crippen molar-refractivity contribution in [1.29, 1.82) is 0 Å². The molecule has 0 aliphatic heterocycles. The molecule has 1 aromatic rings. The van der Waals surface area contributed by atoms with E-state index in [2.05, 4.69) is 16.9 Å². The van der Waals surface area contributed by atoms with E-state index in [1.807, 2.05) is 32.3 Å². The number of hydrogen-bond acceptors (Lipinski definition) is 3. The van der Waals surface area contributed by atoms with Crippen molar-refractivity contribution in [2.24, 2.45) is 0 Å². The van der Waals surface area contributed by atoms with Gasteiger partial charge in [0.15, 0.2) is 5.82 Å². The summed E-state index contributed by atoms with van der Waals surface area (Å²) in [5.41, 5.74) is -0.515. The molecule has 0 spiro atoms. The highest BCUT2D eigenvalue weighted by molar-refractivity contribution is 5.83. The summed E-state index contributed by atoms with van der Waals surface area (Å²) in [6.07, 6.45) is 2.89. The van der Waals surface area contributed by atoms with Gasteiger partial charge in [-0.3, -0.25) is 5.32 Å². The van der Waals surface area contributed by atoms with Crippen LogP contribution in [0.2, 0.25) is 0 Å². The maximum Gasteiger partial charge on any atom is 0.413 e. The van der Waals surface area contributed by atoms with Crippen molar-refractivity contribution in [2.45, 2.75) is 39.8 Å². The van der Waals surface area contributed by atoms with Gasteiger partial charge in [0.25, 0.3) is 0 Å². The average Bonchev–Trinajstić information content (AvgIpc) is 2.56. The first-order chi connectivity index (χ1) is 7.85. The molecule has 17 heavy (non-hydrogen) atoms. The van der Waals surface area contributed by atoms with Crippen molar-refractivity contribution < 1.29 is 9.53 Å². The van der Waals surface area contributed by atoms with Gasteiger partial charge in [0.2, 0.25) is 0 Å². The predicted octanol–water partition coefficient (Wildman–Crippen LogP) is 2.89. The Kier molecular flexibility index (Phi) is 3.93. The van der Waals surface area contributed by atoms with Crippen LogP contribution in [0.1, 0.15) is 33.5 Å². The molecule has 0 unspecified atom stereocenters. The molecule has 1 heterocycles. The summed E-state index contributed by atoms with van der Waals surface area (Å²) < 4.78 is 7.02. The Morgan fingerprint density at radius 2 is 2.29 bits per heavy atom. The van der Waals surface area contributed by atoms with Gasteiger partial charge >= 0.3 is 6.09 Å². The third-order valence-electron chi connectivity index (χ3n) is 1.96. The van der Waals surface area contributed by atoms with Crippen LogP contribution < -0.4 is 5.32 Å². The molecule has 1 aromatic heterocycles. The number of carbonyl (C=O) groups is 1. The lowest BCUT2D eigenvalue weighted by molar-refractivity contribution is 0.0635. The second-order valence-electron chi connectivity index (χ2n) is 4.60. The number of nitrogens with zero attached hydrogens (tertiary/aromatic N) is 2. The summed E-state index contributed by atoms with van der Waals surface area (Å²) in [6, 6.07) is 0. The fourth-order valence-corrected chi connectivity index (χ4v) is 1.31. The molecule has 1 rings (SSSR count). The van der Waals surface area contributed by atoms with Crippen LogP contribution in [0.3, 0.4) is 0 Å². The third kappa shape index (κ3) is 3.94. The van der Waals surface area contributed by atoms with E-state index in [4.69, 9.17) is 4.74 Å². The number of aromatic nitrogens is 2. The van der Waals surface area contributed by atoms with E-state index in [9.17, 15) is 4.79 Å². The zero-order chi connectivity index (χ0) is 13.1. The van der Waals surface area contributed by atoms with Crippen LogP contribution in [0, 0.1) is 0 Å². The predicted molar refractivity (Wildman–Crippen MR) is 67.8 cm³/mol. The van der Waals surface area contributed by atoms with Crippen LogP contribution in [-0.4, -0.2) is 21.2 Å². The largest absolute Gasteiger partial charge is 0.444 e. The minimum Gasteiger partial charge on any atom is -0.444 e. The molecule has 0 aliphatic rings. The molecule has 0 atom stereocenters. The fraction of sp³-hybridized carbons (Fsp3) is 0.500. The maximum absolute atomic E-state index is 11.5. The smallest absolute Gasteiger partial charge is 0.413 e. The number of carbonyl (C=O) groups excluding carboxylic acids is 1. The zero-order valence-electron chi connectivity index (χ0n) is 10.8. The number of amides is 1. The maximum atomic E-state index is 11.5. The Hall–Kier alpha value is -1.78. The SMILES string of the molecule is C=Cc1nc(NC(=O)OC(C)(C)C)cn1CC. The highest BCUT2D eigenvalue weighted by atomic mass is 16.6. The molecule has 0 aliphatic carbocycles. The third-order valence-corrected chi connectivity index (χ3v) is 1.96. The number of aryl methyl sites for hydroxylation is 1. The molecule has 94 valence electrons. The normalized spacial score (nSPS) is 11.1. The van der Waals surface area contributed by atoms with Gasteiger partial charge < -0.3 is 9.30 Å². The van der Waals surface area contributed by atoms with Crippen LogP contribution in [0.5, 0.6) is 0 Å². The summed E-state index contributed by atoms with van der Waals surface area (Å²) >= 11 is 0. The lowest BCUT2D eigenvalue weighted by Gasteiger charge is -2.18. The Bertz CT molecular complexity index is 416. The summed E-state index contributed by atoms with van der Waals surface area (Å²) in [5, 5.41) is 2.59. The van der Waals surface area contributed by atoms with E-state index in [0.29, 0.717) is 5.82 Å². The van der Waals surface area contributed by atoms with Gasteiger partial charge in [-0.15, -0.1) is 0 Å². The molecule has 0 bridgehead atoms. The number of ether oxygens (including phenoxy) is 1. The van der Waals surface area contributed by atoms with Gasteiger partial charge in [-0.1, -0.05) is 6.58 Å². The molecule has 0 saturated heterocycles. The van der Waals surface area contributed by atoms with Gasteiger partial charge in [0, 0.05) is 12.7 Å². The topological polar surface area (TPSA) is 56.1 Å². The Labute approximate surface area is 101 Å². The number of anilines is 1. The van der Waals surface area contributed by atoms with E-state index >= 15 is 0 Å². The van der Waals surface area contributed by atoms with Crippen molar-refractivity contribution in [3.63, 3.8) is 0 Å². The average molecular weight is 237 g/mol. The first-order valence-corrected chi connectivity index (χ1v) is 5.55. The van der Waals surface area contributed by atoms with E-state index in [1.165, 1.54) is 0 Å². The van der Waals surface area contributed by atoms with E-state index in [-0.39, 0.29) is 0 Å². The second kappa shape index (κ2) is 5.03. The number of nitrogens with one attached hydrogen (secondary N) is 1. The molecule has 1 N–H and O–H groups in total. The van der Waals surface area contributed by atoms with E-state index in [1.54, 1.807) is 12.3 Å². The van der Waals surface area contributed by atoms with Crippen LogP contribution in [0.4, 0.5) is 10.6 Å². The summed E-state index contributed by atoms with van der Waals surface area (Å²) in [6.45, 7) is 11.9. The van der Waals surface area contributed by atoms with Crippen molar-refractivity contribution in [3.05, 3.63) is 18.6 Å². The lowest BCUT2D eigenvalue weighted by Crippen LogP contribution is -2.27. The first-order valence-electron chi connectivity index (χ1n) is 5.55. The summed E-state index contributed by atoms with van der Waals surface area (Å²) in [7, 11) is 0. The molecule has 5 heteroatoms. The summed E-state index contributed by atoms with van der Waals surface area (Å²) in [4.78, 5) is 15.7. The monoisotopic (exact) mass is 237 g/mol. The van der Waals surface area contributed by atoms with Crippen molar-refractivity contribution >= 4 is 18.0 Å². The van der Waals surface area contributed by atoms with Crippen molar-refractivity contribution in [3.8, 4) is 0 Å². The standard InChI is InChI=1S/C12H19N3O2/c1-6-10-13-9(8-15(10)7-2)14-11(16)17-12(3,4)5/h6,8H,1,7H2,2-5H3,(H,14,16). The van der Waals surface area contributed by atoms with E-state index in [0.717, 1.165) is 12.4 Å². The van der Waals surface area contributed by atoms with Crippen LogP contribution in [-0.2, 0) is 11.3 Å². The molecular formula is C12H19N3O2. The zero-order valence-corrected chi connectivity index (χ0v) is 10.8. The molecule has 1 amide bonds. The molecule has 0 fully saturated rings. The first kappa shape index (κ1) is 13.3. The quantitative estimate of drug-likeness (QED) is 0.879. The van der Waals surface area contributed by atoms with E-state index < -0.39 is 11.7 Å². The fourth-order valence-electron chi connectivity index (χ4n) is 1.31. The number of imidazole rings is 1. The molecule has 0 aromatic carbocycles. The number of hydrogen-bond donors (Lipinski definition) is 1. The van der Waals surface area contributed by atoms with Crippen molar-refractivity contribution in [1.82, 2.24) is 9.55 Å². The molecule has 0 radical (unpaired) electrons. The Morgan fingerprint density at radius 3 is 2.71 bits per heavy atom. The van der Waals surface area contributed by atoms with Gasteiger partial charge in [0.1, 0.15) is 11.4 Å². The summed E-state index contributed by atoms with van der Waals surface area (Å²) in [5.74, 6) is 1.19. The van der Waals surface area contributed by atoms with Crippen LogP contribution in [0.15, 0.2) is 12.8 Å². The van der Waals surface area contributed by atoms with Gasteiger partial charge in [-0.05, 0) is 33.8 Å². The Morgan fingerprint density at radius 1 is 1.65 bits per heavy atom. The minimum atomic E-state index is -0.515. The van der Waals surface area contributed by atoms with Crippen LogP contribution >= 0.6 is 0 Å². The molecular weight excluding hydrogens is 218 g/mol. The van der Waals surface area contributed by atoms with Gasteiger partial charge in [-0.2, -0.15) is 0 Å². The second-order valence-corrected chi connectivity index (χ2v) is 4.60. The lowest BCUT2D eigenvalue weighted by atomic mass is 10.2. The highest BCUT2D eigenvalue weighted by Crippen LogP contribution is 2.12. The van der Waals surface area contributed by atoms with Gasteiger partial charge in [0.05, 0.1) is 0 Å². The highest BCUT2D eigenvalue weighted by Gasteiger charge is 2.17. The van der Waals surface area contributed by atoms with Crippen molar-refractivity contribution in [2.75, 3.05) is 5.32 Å². The molecule has 5 nitrogen and oxygen atoms in total. The molecule has 0 saturated carbocycles. The van der Waals surface area contributed by atoms with Gasteiger partial charge in [-0.25, -0.2) is 9.78 Å².